The molecule has 0 atom stereocenters. The van der Waals surface area contributed by atoms with Crippen LogP contribution in [0.15, 0.2) is 42.5 Å². The molecule has 0 saturated heterocycles. The van der Waals surface area contributed by atoms with Crippen molar-refractivity contribution in [3.63, 3.8) is 0 Å². The minimum Gasteiger partial charge on any atom is -0.361 e. The molecular formula is C20H25Cl2N3O. The summed E-state index contributed by atoms with van der Waals surface area (Å²) >= 11 is 12.2. The van der Waals surface area contributed by atoms with Crippen molar-refractivity contribution in [2.45, 2.75) is 6.92 Å². The van der Waals surface area contributed by atoms with Crippen LogP contribution < -0.4 is 9.80 Å². The maximum Gasteiger partial charge on any atom is 0.246 e. The van der Waals surface area contributed by atoms with Crippen LogP contribution in [0.1, 0.15) is 5.56 Å². The summed E-state index contributed by atoms with van der Waals surface area (Å²) in [7, 11) is 5.81. The Morgan fingerprint density at radius 1 is 0.885 bits per heavy atom. The molecule has 1 amide bonds. The van der Waals surface area contributed by atoms with E-state index >= 15 is 0 Å². The van der Waals surface area contributed by atoms with Gasteiger partial charge in [-0.15, -0.1) is 0 Å². The van der Waals surface area contributed by atoms with Gasteiger partial charge in [0.1, 0.15) is 0 Å². The van der Waals surface area contributed by atoms with Crippen molar-refractivity contribution in [3.8, 4) is 0 Å². The zero-order valence-corrected chi connectivity index (χ0v) is 17.2. The fourth-order valence-electron chi connectivity index (χ4n) is 2.48. The first-order chi connectivity index (χ1) is 12.3. The number of rotatable bonds is 7. The number of halogens is 2. The van der Waals surface area contributed by atoms with E-state index in [9.17, 15) is 4.79 Å². The van der Waals surface area contributed by atoms with Crippen molar-refractivity contribution in [3.05, 3.63) is 58.1 Å². The Kier molecular flexibility index (Phi) is 7.33. The maximum atomic E-state index is 12.8. The van der Waals surface area contributed by atoms with Gasteiger partial charge in [0, 0.05) is 31.5 Å². The molecule has 2 aromatic carbocycles. The third-order valence-electron chi connectivity index (χ3n) is 4.21. The lowest BCUT2D eigenvalue weighted by Gasteiger charge is -2.28. The smallest absolute Gasteiger partial charge is 0.246 e. The van der Waals surface area contributed by atoms with E-state index in [0.29, 0.717) is 16.6 Å². The summed E-state index contributed by atoms with van der Waals surface area (Å²) in [6.45, 7) is 3.81. The van der Waals surface area contributed by atoms with Crippen LogP contribution in [0.2, 0.25) is 10.0 Å². The first-order valence-electron chi connectivity index (χ1n) is 8.46. The average Bonchev–Trinajstić information content (AvgIpc) is 2.60. The highest BCUT2D eigenvalue weighted by molar-refractivity contribution is 6.42. The largest absolute Gasteiger partial charge is 0.361 e. The van der Waals surface area contributed by atoms with Gasteiger partial charge in [-0.1, -0.05) is 40.9 Å². The van der Waals surface area contributed by atoms with Crippen LogP contribution >= 0.6 is 23.2 Å². The molecule has 0 aromatic heterocycles. The Morgan fingerprint density at radius 3 is 2.08 bits per heavy atom. The van der Waals surface area contributed by atoms with Gasteiger partial charge in [0.25, 0.3) is 0 Å². The molecule has 0 heterocycles. The molecule has 0 saturated carbocycles. The van der Waals surface area contributed by atoms with Crippen LogP contribution in [0.4, 0.5) is 11.4 Å². The average molecular weight is 394 g/mol. The Labute approximate surface area is 165 Å². The normalized spacial score (nSPS) is 10.9. The van der Waals surface area contributed by atoms with E-state index in [-0.39, 0.29) is 12.5 Å². The van der Waals surface area contributed by atoms with Crippen LogP contribution in [0.25, 0.3) is 0 Å². The third kappa shape index (κ3) is 5.63. The maximum absolute atomic E-state index is 12.8. The molecule has 140 valence electrons. The van der Waals surface area contributed by atoms with Crippen LogP contribution in [-0.2, 0) is 4.79 Å². The number of hydrogen-bond acceptors (Lipinski definition) is 3. The molecule has 0 aliphatic heterocycles. The summed E-state index contributed by atoms with van der Waals surface area (Å²) in [5.41, 5.74) is 2.92. The molecule has 0 fully saturated rings. The van der Waals surface area contributed by atoms with Crippen molar-refractivity contribution < 1.29 is 4.79 Å². The van der Waals surface area contributed by atoms with Crippen molar-refractivity contribution in [1.82, 2.24) is 4.90 Å². The Morgan fingerprint density at radius 2 is 1.50 bits per heavy atom. The van der Waals surface area contributed by atoms with Crippen molar-refractivity contribution in [2.24, 2.45) is 0 Å². The van der Waals surface area contributed by atoms with Crippen molar-refractivity contribution in [2.75, 3.05) is 50.6 Å². The molecule has 4 nitrogen and oxygen atoms in total. The quantitative estimate of drug-likeness (QED) is 0.699. The first kappa shape index (κ1) is 20.6. The minimum absolute atomic E-state index is 0.0127. The zero-order chi connectivity index (χ0) is 19.3. The molecule has 6 heteroatoms. The lowest BCUT2D eigenvalue weighted by molar-refractivity contribution is -0.117. The first-order valence-corrected chi connectivity index (χ1v) is 9.21. The van der Waals surface area contributed by atoms with Gasteiger partial charge in [0.05, 0.1) is 16.6 Å². The van der Waals surface area contributed by atoms with Crippen LogP contribution in [0, 0.1) is 6.92 Å². The van der Waals surface area contributed by atoms with E-state index in [4.69, 9.17) is 23.2 Å². The second-order valence-electron chi connectivity index (χ2n) is 6.61. The van der Waals surface area contributed by atoms with E-state index in [2.05, 4.69) is 4.90 Å². The zero-order valence-electron chi connectivity index (χ0n) is 15.7. The number of amides is 1. The topological polar surface area (TPSA) is 26.8 Å². The fourth-order valence-corrected chi connectivity index (χ4v) is 2.78. The molecule has 0 N–H and O–H groups in total. The summed E-state index contributed by atoms with van der Waals surface area (Å²) in [6, 6.07) is 13.4. The molecule has 0 radical (unpaired) electrons. The van der Waals surface area contributed by atoms with Gasteiger partial charge in [-0.3, -0.25) is 4.79 Å². The minimum atomic E-state index is 0.0127. The van der Waals surface area contributed by atoms with Crippen LogP contribution in [0.3, 0.4) is 0 Å². The number of anilines is 2. The molecule has 0 bridgehead atoms. The van der Waals surface area contributed by atoms with Crippen molar-refractivity contribution in [1.29, 1.82) is 0 Å². The number of likely N-dealkylation sites (N-methyl/N-ethyl adjacent to an activating group) is 2. The predicted octanol–water partition coefficient (Wildman–Crippen LogP) is 4.33. The number of hydrogen-bond donors (Lipinski definition) is 0. The monoisotopic (exact) mass is 393 g/mol. The van der Waals surface area contributed by atoms with E-state index in [0.717, 1.165) is 23.5 Å². The number of carbonyl (C=O) groups is 1. The Balaban J connectivity index is 2.17. The summed E-state index contributed by atoms with van der Waals surface area (Å²) in [5.74, 6) is 0.0127. The highest BCUT2D eigenvalue weighted by atomic mass is 35.5. The van der Waals surface area contributed by atoms with E-state index in [1.165, 1.54) is 0 Å². The molecule has 0 unspecified atom stereocenters. The van der Waals surface area contributed by atoms with Gasteiger partial charge in [-0.25, -0.2) is 0 Å². The number of carbonyl (C=O) groups excluding carboxylic acids is 1. The molecule has 2 rings (SSSR count). The Hall–Kier alpha value is -1.75. The summed E-state index contributed by atoms with van der Waals surface area (Å²) in [5, 5.41) is 0.990. The molecular weight excluding hydrogens is 369 g/mol. The van der Waals surface area contributed by atoms with Gasteiger partial charge in [-0.05, 0) is 51.4 Å². The number of benzene rings is 2. The predicted molar refractivity (Wildman–Crippen MR) is 112 cm³/mol. The highest BCUT2D eigenvalue weighted by Gasteiger charge is 2.17. The number of nitrogens with zero attached hydrogens (tertiary/aromatic N) is 3. The van der Waals surface area contributed by atoms with E-state index in [1.54, 1.807) is 24.1 Å². The van der Waals surface area contributed by atoms with Gasteiger partial charge in [0.2, 0.25) is 5.91 Å². The lowest BCUT2D eigenvalue weighted by Crippen LogP contribution is -2.41. The third-order valence-corrected chi connectivity index (χ3v) is 4.95. The summed E-state index contributed by atoms with van der Waals surface area (Å²) in [6.07, 6.45) is 0. The molecule has 2 aromatic rings. The number of aryl methyl sites for hydroxylation is 1. The summed E-state index contributed by atoms with van der Waals surface area (Å²) < 4.78 is 0. The van der Waals surface area contributed by atoms with Gasteiger partial charge in [-0.2, -0.15) is 0 Å². The molecule has 26 heavy (non-hydrogen) atoms. The summed E-state index contributed by atoms with van der Waals surface area (Å²) in [4.78, 5) is 18.6. The molecule has 0 aliphatic rings. The molecule has 0 spiro atoms. The SMILES string of the molecule is Cc1ccc(N(C)C(=O)CN(CCN(C)C)c2ccc(Cl)c(Cl)c2)cc1. The highest BCUT2D eigenvalue weighted by Crippen LogP contribution is 2.27. The molecule has 0 aliphatic carbocycles. The second-order valence-corrected chi connectivity index (χ2v) is 7.43. The van der Waals surface area contributed by atoms with Crippen LogP contribution in [-0.4, -0.2) is 51.6 Å². The van der Waals surface area contributed by atoms with Gasteiger partial charge in [0.15, 0.2) is 0 Å². The van der Waals surface area contributed by atoms with Gasteiger partial charge < -0.3 is 14.7 Å². The van der Waals surface area contributed by atoms with E-state index < -0.39 is 0 Å². The second kappa shape index (κ2) is 9.26. The standard InChI is InChI=1S/C20H25Cl2N3O/c1-15-5-7-16(8-6-15)24(4)20(26)14-25(12-11-23(2)3)17-9-10-18(21)19(22)13-17/h5-10,13H,11-12,14H2,1-4H3. The fraction of sp³-hybridized carbons (Fsp3) is 0.350. The van der Waals surface area contributed by atoms with Crippen LogP contribution in [0.5, 0.6) is 0 Å². The Bertz CT molecular complexity index is 747. The van der Waals surface area contributed by atoms with E-state index in [1.807, 2.05) is 56.3 Å². The lowest BCUT2D eigenvalue weighted by atomic mass is 10.2. The van der Waals surface area contributed by atoms with Gasteiger partial charge >= 0.3 is 0 Å². The van der Waals surface area contributed by atoms with Crippen molar-refractivity contribution >= 4 is 40.5 Å².